The van der Waals surface area contributed by atoms with Crippen LogP contribution in [0.25, 0.3) is 22.2 Å². The molecule has 1 amide bonds. The Kier molecular flexibility index (Phi) is 4.71. The molecule has 0 saturated heterocycles. The Morgan fingerprint density at radius 1 is 1.10 bits per heavy atom. The van der Waals surface area contributed by atoms with E-state index in [1.807, 2.05) is 36.6 Å². The average Bonchev–Trinajstić information content (AvgIpc) is 3.36. The van der Waals surface area contributed by atoms with E-state index >= 15 is 0 Å². The Balaban J connectivity index is 1.62. The van der Waals surface area contributed by atoms with E-state index in [9.17, 15) is 9.59 Å². The summed E-state index contributed by atoms with van der Waals surface area (Å²) in [5.41, 5.74) is 5.74. The van der Waals surface area contributed by atoms with Gasteiger partial charge in [0.15, 0.2) is 5.13 Å². The van der Waals surface area contributed by atoms with E-state index in [4.69, 9.17) is 4.74 Å². The van der Waals surface area contributed by atoms with Crippen molar-refractivity contribution in [1.29, 1.82) is 0 Å². The molecule has 29 heavy (non-hydrogen) atoms. The molecule has 148 valence electrons. The second-order valence-electron chi connectivity index (χ2n) is 6.78. The maximum Gasteiger partial charge on any atom is 0.339 e. The van der Waals surface area contributed by atoms with E-state index in [-0.39, 0.29) is 5.91 Å². The number of hydrogen-bond donors (Lipinski definition) is 3. The molecule has 0 aliphatic carbocycles. The molecule has 8 heteroatoms. The normalized spacial score (nSPS) is 11.0. The highest BCUT2D eigenvalue weighted by Crippen LogP contribution is 2.34. The number of anilines is 1. The zero-order valence-corrected chi connectivity index (χ0v) is 17.3. The van der Waals surface area contributed by atoms with Crippen LogP contribution in [0, 0.1) is 20.8 Å². The number of nitrogens with zero attached hydrogens (tertiary/aromatic N) is 1. The summed E-state index contributed by atoms with van der Waals surface area (Å²) < 4.78 is 4.80. The van der Waals surface area contributed by atoms with Crippen molar-refractivity contribution in [3.63, 3.8) is 0 Å². The van der Waals surface area contributed by atoms with E-state index < -0.39 is 5.97 Å². The zero-order chi connectivity index (χ0) is 20.7. The largest absolute Gasteiger partial charge is 0.465 e. The van der Waals surface area contributed by atoms with Crippen LogP contribution in [0.4, 0.5) is 5.13 Å². The van der Waals surface area contributed by atoms with Gasteiger partial charge in [0, 0.05) is 33.2 Å². The molecule has 0 bridgehead atoms. The molecular weight excluding hydrogens is 388 g/mol. The number of H-pyrrole nitrogens is 2. The van der Waals surface area contributed by atoms with Crippen LogP contribution in [0.2, 0.25) is 0 Å². The summed E-state index contributed by atoms with van der Waals surface area (Å²) in [4.78, 5) is 35.6. The van der Waals surface area contributed by atoms with Gasteiger partial charge in [-0.05, 0) is 32.4 Å². The van der Waals surface area contributed by atoms with Gasteiger partial charge in [0.25, 0.3) is 5.91 Å². The Bertz CT molecular complexity index is 1250. The first-order chi connectivity index (χ1) is 13.9. The number of nitrogens with one attached hydrogen (secondary N) is 3. The number of carbonyl (C=O) groups excluding carboxylic acids is 2. The molecule has 0 unspecified atom stereocenters. The lowest BCUT2D eigenvalue weighted by atomic mass is 10.1. The van der Waals surface area contributed by atoms with E-state index in [2.05, 4.69) is 20.3 Å². The van der Waals surface area contributed by atoms with Gasteiger partial charge >= 0.3 is 5.97 Å². The molecule has 4 aromatic rings. The molecule has 0 saturated carbocycles. The Hall–Kier alpha value is -3.39. The number of amides is 1. The number of aromatic amines is 2. The van der Waals surface area contributed by atoms with Crippen LogP contribution in [-0.4, -0.2) is 33.9 Å². The molecule has 3 heterocycles. The SMILES string of the molecule is COC(=O)c1c(C)[nH]c(C(=O)Nc2nc(-c3c(C)[nH]c4ccccc34)cs2)c1C. The van der Waals surface area contributed by atoms with E-state index in [0.29, 0.717) is 27.6 Å². The van der Waals surface area contributed by atoms with Crippen LogP contribution < -0.4 is 5.32 Å². The maximum absolute atomic E-state index is 12.8. The Morgan fingerprint density at radius 2 is 1.86 bits per heavy atom. The van der Waals surface area contributed by atoms with Crippen LogP contribution in [-0.2, 0) is 4.74 Å². The fourth-order valence-electron chi connectivity index (χ4n) is 3.60. The molecule has 0 radical (unpaired) electrons. The van der Waals surface area contributed by atoms with Gasteiger partial charge in [-0.3, -0.25) is 10.1 Å². The summed E-state index contributed by atoms with van der Waals surface area (Å²) in [5.74, 6) is -0.820. The van der Waals surface area contributed by atoms with Gasteiger partial charge < -0.3 is 14.7 Å². The summed E-state index contributed by atoms with van der Waals surface area (Å²) in [5, 5.41) is 6.32. The first-order valence-electron chi connectivity index (χ1n) is 9.02. The number of benzene rings is 1. The van der Waals surface area contributed by atoms with Gasteiger partial charge in [0.2, 0.25) is 0 Å². The van der Waals surface area contributed by atoms with Gasteiger partial charge in [0.1, 0.15) is 5.69 Å². The fraction of sp³-hybridized carbons (Fsp3) is 0.190. The number of thiazole rings is 1. The van der Waals surface area contributed by atoms with Crippen LogP contribution in [0.3, 0.4) is 0 Å². The van der Waals surface area contributed by atoms with Crippen LogP contribution in [0.1, 0.15) is 37.8 Å². The number of carbonyl (C=O) groups is 2. The van der Waals surface area contributed by atoms with Crippen molar-refractivity contribution in [2.45, 2.75) is 20.8 Å². The number of para-hydroxylation sites is 1. The predicted molar refractivity (Wildman–Crippen MR) is 114 cm³/mol. The number of methoxy groups -OCH3 is 1. The molecule has 0 aliphatic heterocycles. The average molecular weight is 408 g/mol. The molecule has 0 spiro atoms. The highest BCUT2D eigenvalue weighted by atomic mass is 32.1. The summed E-state index contributed by atoms with van der Waals surface area (Å²) in [6.45, 7) is 5.46. The molecule has 0 aliphatic rings. The van der Waals surface area contributed by atoms with Crippen LogP contribution in [0.5, 0.6) is 0 Å². The number of aryl methyl sites for hydroxylation is 2. The number of hydrogen-bond acceptors (Lipinski definition) is 5. The van der Waals surface area contributed by atoms with Crippen molar-refractivity contribution in [2.24, 2.45) is 0 Å². The topological polar surface area (TPSA) is 99.9 Å². The number of aromatic nitrogens is 3. The van der Waals surface area contributed by atoms with Gasteiger partial charge in [-0.15, -0.1) is 11.3 Å². The Labute approximate surface area is 171 Å². The molecule has 0 fully saturated rings. The van der Waals surface area contributed by atoms with Crippen molar-refractivity contribution in [3.05, 3.63) is 57.9 Å². The monoisotopic (exact) mass is 408 g/mol. The maximum atomic E-state index is 12.8. The van der Waals surface area contributed by atoms with Gasteiger partial charge in [0.05, 0.1) is 18.4 Å². The lowest BCUT2D eigenvalue weighted by Crippen LogP contribution is -2.14. The smallest absolute Gasteiger partial charge is 0.339 e. The standard InChI is InChI=1S/C21H20N4O3S/c1-10-16(20(27)28-4)11(2)23-18(10)19(26)25-21-24-15(9-29-21)17-12(3)22-14-8-6-5-7-13(14)17/h5-9,22-23H,1-4H3,(H,24,25,26). The highest BCUT2D eigenvalue weighted by Gasteiger charge is 2.23. The molecule has 1 aromatic carbocycles. The van der Waals surface area contributed by atoms with Gasteiger partial charge in [-0.25, -0.2) is 9.78 Å². The predicted octanol–water partition coefficient (Wildman–Crippen LogP) is 4.58. The van der Waals surface area contributed by atoms with Crippen molar-refractivity contribution in [1.82, 2.24) is 15.0 Å². The molecular formula is C21H20N4O3S. The second-order valence-corrected chi connectivity index (χ2v) is 7.64. The number of ether oxygens (including phenoxy) is 1. The van der Waals surface area contributed by atoms with Crippen molar-refractivity contribution in [3.8, 4) is 11.3 Å². The third kappa shape index (κ3) is 3.21. The highest BCUT2D eigenvalue weighted by molar-refractivity contribution is 7.14. The van der Waals surface area contributed by atoms with E-state index in [0.717, 1.165) is 27.9 Å². The second kappa shape index (κ2) is 7.21. The number of rotatable bonds is 4. The molecule has 3 aromatic heterocycles. The lowest BCUT2D eigenvalue weighted by molar-refractivity contribution is 0.0599. The molecule has 3 N–H and O–H groups in total. The summed E-state index contributed by atoms with van der Waals surface area (Å²) in [6, 6.07) is 8.04. The van der Waals surface area contributed by atoms with Crippen molar-refractivity contribution >= 4 is 39.2 Å². The number of fused-ring (bicyclic) bond motifs is 1. The minimum Gasteiger partial charge on any atom is -0.465 e. The van der Waals surface area contributed by atoms with Crippen molar-refractivity contribution < 1.29 is 14.3 Å². The van der Waals surface area contributed by atoms with Crippen molar-refractivity contribution in [2.75, 3.05) is 12.4 Å². The molecule has 7 nitrogen and oxygen atoms in total. The minimum atomic E-state index is -0.471. The minimum absolute atomic E-state index is 0.322. The van der Waals surface area contributed by atoms with Gasteiger partial charge in [-0.2, -0.15) is 0 Å². The third-order valence-corrected chi connectivity index (χ3v) is 5.69. The van der Waals surface area contributed by atoms with Crippen LogP contribution in [0.15, 0.2) is 29.6 Å². The van der Waals surface area contributed by atoms with E-state index in [1.165, 1.54) is 18.4 Å². The first-order valence-corrected chi connectivity index (χ1v) is 9.90. The quantitative estimate of drug-likeness (QED) is 0.430. The summed E-state index contributed by atoms with van der Waals surface area (Å²) in [6.07, 6.45) is 0. The third-order valence-electron chi connectivity index (χ3n) is 4.93. The molecule has 4 rings (SSSR count). The summed E-state index contributed by atoms with van der Waals surface area (Å²) in [7, 11) is 1.32. The number of esters is 1. The van der Waals surface area contributed by atoms with Gasteiger partial charge in [-0.1, -0.05) is 18.2 Å². The first kappa shape index (κ1) is 18.9. The lowest BCUT2D eigenvalue weighted by Gasteiger charge is -2.02. The molecule has 0 atom stereocenters. The van der Waals surface area contributed by atoms with E-state index in [1.54, 1.807) is 13.8 Å². The zero-order valence-electron chi connectivity index (χ0n) is 16.5. The Morgan fingerprint density at radius 3 is 2.62 bits per heavy atom. The summed E-state index contributed by atoms with van der Waals surface area (Å²) >= 11 is 1.35. The van der Waals surface area contributed by atoms with Crippen LogP contribution >= 0.6 is 11.3 Å². The fourth-order valence-corrected chi connectivity index (χ4v) is 4.29.